The lowest BCUT2D eigenvalue weighted by Crippen LogP contribution is -2.49. The van der Waals surface area contributed by atoms with Gasteiger partial charge in [0.05, 0.1) is 0 Å². The van der Waals surface area contributed by atoms with Gasteiger partial charge in [-0.25, -0.2) is 0 Å². The van der Waals surface area contributed by atoms with Crippen molar-refractivity contribution in [1.29, 1.82) is 0 Å². The first kappa shape index (κ1) is 16.3. The smallest absolute Gasteiger partial charge is 0.260 e. The predicted molar refractivity (Wildman–Crippen MR) is 91.8 cm³/mol. The summed E-state index contributed by atoms with van der Waals surface area (Å²) in [5.41, 5.74) is 1.23. The Morgan fingerprint density at radius 2 is 2.00 bits per heavy atom. The first-order chi connectivity index (χ1) is 11.0. The van der Waals surface area contributed by atoms with Crippen LogP contribution >= 0.6 is 0 Å². The molecule has 0 aliphatic carbocycles. The van der Waals surface area contributed by atoms with Gasteiger partial charge in [0.15, 0.2) is 6.61 Å². The van der Waals surface area contributed by atoms with E-state index < -0.39 is 0 Å². The number of likely N-dealkylation sites (N-methyl/N-ethyl adjacent to an activating group) is 1. The standard InChI is InChI=1S/C19H28N2O2/c1-13(2)14-5-4-6-18(9-14)23-12-19(22)21(3)17-10-15-7-8-16(11-17)20-15/h4-6,9,13,15-17,20H,7-8,10-12H2,1-3H3. The van der Waals surface area contributed by atoms with Crippen LogP contribution in [0.1, 0.15) is 51.0 Å². The second kappa shape index (κ2) is 6.91. The fourth-order valence-corrected chi connectivity index (χ4v) is 3.76. The normalized spacial score (nSPS) is 26.3. The zero-order valence-electron chi connectivity index (χ0n) is 14.4. The highest BCUT2D eigenvalue weighted by atomic mass is 16.5. The molecule has 2 heterocycles. The molecule has 2 atom stereocenters. The first-order valence-electron chi connectivity index (χ1n) is 8.77. The van der Waals surface area contributed by atoms with Crippen molar-refractivity contribution in [3.8, 4) is 5.75 Å². The van der Waals surface area contributed by atoms with Crippen LogP contribution < -0.4 is 10.1 Å². The van der Waals surface area contributed by atoms with E-state index >= 15 is 0 Å². The van der Waals surface area contributed by atoms with Crippen LogP contribution in [-0.2, 0) is 4.79 Å². The fourth-order valence-electron chi connectivity index (χ4n) is 3.76. The van der Waals surface area contributed by atoms with Gasteiger partial charge >= 0.3 is 0 Å². The van der Waals surface area contributed by atoms with Gasteiger partial charge in [-0.2, -0.15) is 0 Å². The molecule has 1 aromatic rings. The summed E-state index contributed by atoms with van der Waals surface area (Å²) in [7, 11) is 1.92. The lowest BCUT2D eigenvalue weighted by molar-refractivity contribution is -0.134. The molecule has 2 unspecified atom stereocenters. The van der Waals surface area contributed by atoms with Crippen molar-refractivity contribution in [2.75, 3.05) is 13.7 Å². The number of piperidine rings is 1. The number of nitrogens with zero attached hydrogens (tertiary/aromatic N) is 1. The van der Waals surface area contributed by atoms with Gasteiger partial charge in [-0.05, 0) is 49.3 Å². The summed E-state index contributed by atoms with van der Waals surface area (Å²) in [6.07, 6.45) is 4.65. The van der Waals surface area contributed by atoms with Gasteiger partial charge in [0.1, 0.15) is 5.75 Å². The molecule has 1 N–H and O–H groups in total. The summed E-state index contributed by atoms with van der Waals surface area (Å²) in [4.78, 5) is 14.3. The van der Waals surface area contributed by atoms with Crippen molar-refractivity contribution in [1.82, 2.24) is 10.2 Å². The molecular weight excluding hydrogens is 288 g/mol. The van der Waals surface area contributed by atoms with E-state index in [1.807, 2.05) is 30.1 Å². The lowest BCUT2D eigenvalue weighted by Gasteiger charge is -2.35. The molecule has 1 amide bonds. The summed E-state index contributed by atoms with van der Waals surface area (Å²) in [6.45, 7) is 4.43. The molecule has 0 radical (unpaired) electrons. The van der Waals surface area contributed by atoms with Crippen LogP contribution in [0.2, 0.25) is 0 Å². The third kappa shape index (κ3) is 3.86. The Kier molecular flexibility index (Phi) is 4.90. The number of rotatable bonds is 5. The maximum atomic E-state index is 12.4. The molecule has 3 rings (SSSR count). The van der Waals surface area contributed by atoms with Crippen molar-refractivity contribution in [2.45, 2.75) is 63.6 Å². The molecule has 0 saturated carbocycles. The van der Waals surface area contributed by atoms with Gasteiger partial charge in [-0.3, -0.25) is 4.79 Å². The monoisotopic (exact) mass is 316 g/mol. The maximum absolute atomic E-state index is 12.4. The van der Waals surface area contributed by atoms with Crippen LogP contribution in [-0.4, -0.2) is 42.6 Å². The van der Waals surface area contributed by atoms with E-state index in [1.54, 1.807) is 0 Å². The number of benzene rings is 1. The Bertz CT molecular complexity index is 546. The molecule has 2 fully saturated rings. The van der Waals surface area contributed by atoms with Crippen LogP contribution in [0.4, 0.5) is 0 Å². The zero-order chi connectivity index (χ0) is 16.4. The van der Waals surface area contributed by atoms with E-state index in [-0.39, 0.29) is 12.5 Å². The first-order valence-corrected chi connectivity index (χ1v) is 8.77. The van der Waals surface area contributed by atoms with Crippen molar-refractivity contribution in [3.05, 3.63) is 29.8 Å². The number of amides is 1. The van der Waals surface area contributed by atoms with Gasteiger partial charge in [0.2, 0.25) is 0 Å². The average molecular weight is 316 g/mol. The molecule has 4 nitrogen and oxygen atoms in total. The number of carbonyl (C=O) groups excluding carboxylic acids is 1. The predicted octanol–water partition coefficient (Wildman–Crippen LogP) is 2.93. The molecule has 2 saturated heterocycles. The summed E-state index contributed by atoms with van der Waals surface area (Å²) >= 11 is 0. The molecule has 126 valence electrons. The number of fused-ring (bicyclic) bond motifs is 2. The second-order valence-corrected chi connectivity index (χ2v) is 7.28. The third-order valence-electron chi connectivity index (χ3n) is 5.28. The number of hydrogen-bond donors (Lipinski definition) is 1. The Hall–Kier alpha value is -1.55. The molecule has 2 aliphatic heterocycles. The van der Waals surface area contributed by atoms with Crippen molar-refractivity contribution in [2.24, 2.45) is 0 Å². The third-order valence-corrected chi connectivity index (χ3v) is 5.28. The highest BCUT2D eigenvalue weighted by Gasteiger charge is 2.36. The topological polar surface area (TPSA) is 41.6 Å². The van der Waals surface area contributed by atoms with Crippen LogP contribution in [0.5, 0.6) is 5.75 Å². The van der Waals surface area contributed by atoms with Crippen LogP contribution in [0.25, 0.3) is 0 Å². The zero-order valence-corrected chi connectivity index (χ0v) is 14.4. The van der Waals surface area contributed by atoms with Gasteiger partial charge in [0.25, 0.3) is 5.91 Å². The molecule has 2 bridgehead atoms. The minimum absolute atomic E-state index is 0.0752. The van der Waals surface area contributed by atoms with Crippen LogP contribution in [0, 0.1) is 0 Å². The molecule has 23 heavy (non-hydrogen) atoms. The molecule has 4 heteroatoms. The highest BCUT2D eigenvalue weighted by molar-refractivity contribution is 5.77. The number of ether oxygens (including phenoxy) is 1. The van der Waals surface area contributed by atoms with Crippen LogP contribution in [0.3, 0.4) is 0 Å². The molecule has 0 aromatic heterocycles. The van der Waals surface area contributed by atoms with Gasteiger partial charge in [-0.1, -0.05) is 26.0 Å². The summed E-state index contributed by atoms with van der Waals surface area (Å²) in [6, 6.07) is 9.58. The van der Waals surface area contributed by atoms with Gasteiger partial charge < -0.3 is 15.0 Å². The Labute approximate surface area is 139 Å². The Balaban J connectivity index is 1.53. The lowest BCUT2D eigenvalue weighted by atomic mass is 9.98. The molecule has 1 aromatic carbocycles. The fraction of sp³-hybridized carbons (Fsp3) is 0.632. The SMILES string of the molecule is CC(C)c1cccc(OCC(=O)N(C)C2CC3CCC(C2)N3)c1. The van der Waals surface area contributed by atoms with E-state index in [4.69, 9.17) is 4.74 Å². The number of hydrogen-bond acceptors (Lipinski definition) is 3. The largest absolute Gasteiger partial charge is 0.484 e. The minimum atomic E-state index is 0.0752. The van der Waals surface area contributed by atoms with Crippen molar-refractivity contribution < 1.29 is 9.53 Å². The summed E-state index contributed by atoms with van der Waals surface area (Å²) < 4.78 is 5.73. The van der Waals surface area contributed by atoms with Crippen molar-refractivity contribution >= 4 is 5.91 Å². The van der Waals surface area contributed by atoms with E-state index in [9.17, 15) is 4.79 Å². The second-order valence-electron chi connectivity index (χ2n) is 7.28. The Morgan fingerprint density at radius 1 is 1.30 bits per heavy atom. The minimum Gasteiger partial charge on any atom is -0.484 e. The molecular formula is C19H28N2O2. The number of carbonyl (C=O) groups is 1. The van der Waals surface area contributed by atoms with Crippen molar-refractivity contribution in [3.63, 3.8) is 0 Å². The van der Waals surface area contributed by atoms with Gasteiger partial charge in [-0.15, -0.1) is 0 Å². The average Bonchev–Trinajstić information content (AvgIpc) is 2.90. The van der Waals surface area contributed by atoms with Crippen LogP contribution in [0.15, 0.2) is 24.3 Å². The molecule has 2 aliphatic rings. The van der Waals surface area contributed by atoms with E-state index in [0.29, 0.717) is 24.0 Å². The Morgan fingerprint density at radius 3 is 2.65 bits per heavy atom. The molecule has 0 spiro atoms. The highest BCUT2D eigenvalue weighted by Crippen LogP contribution is 2.29. The van der Waals surface area contributed by atoms with E-state index in [2.05, 4.69) is 25.2 Å². The quantitative estimate of drug-likeness (QED) is 0.908. The van der Waals surface area contributed by atoms with E-state index in [0.717, 1.165) is 18.6 Å². The van der Waals surface area contributed by atoms with Gasteiger partial charge in [0, 0.05) is 25.2 Å². The maximum Gasteiger partial charge on any atom is 0.260 e. The summed E-state index contributed by atoms with van der Waals surface area (Å²) in [5, 5.41) is 3.62. The number of nitrogens with one attached hydrogen (secondary N) is 1. The summed E-state index contributed by atoms with van der Waals surface area (Å²) in [5.74, 6) is 1.32. The van der Waals surface area contributed by atoms with E-state index in [1.165, 1.54) is 18.4 Å².